The van der Waals surface area contributed by atoms with E-state index in [-0.39, 0.29) is 0 Å². The lowest BCUT2D eigenvalue weighted by molar-refractivity contribution is -0.117. The number of hydrogen-bond donors (Lipinski definition) is 0. The third kappa shape index (κ3) is 3.27. The molecule has 0 aliphatic heterocycles. The summed E-state index contributed by atoms with van der Waals surface area (Å²) < 4.78 is 6.13. The lowest BCUT2D eigenvalue weighted by Gasteiger charge is -2.12. The van der Waals surface area contributed by atoms with Crippen LogP contribution in [0.5, 0.6) is 5.75 Å². The minimum absolute atomic E-state index is 0.493. The Morgan fingerprint density at radius 2 is 2.43 bits per heavy atom. The molecule has 0 aliphatic carbocycles. The molecule has 1 aromatic heterocycles. The molecule has 0 fully saturated rings. The number of carbonyl (C=O) groups is 1. The molecule has 3 nitrogen and oxygen atoms in total. The van der Waals surface area contributed by atoms with Crippen molar-refractivity contribution in [2.45, 2.75) is 19.4 Å². The smallest absolute Gasteiger partial charge is 0.262 e. The number of hydrogen-bond acceptors (Lipinski definition) is 3. The predicted octanol–water partition coefficient (Wildman–Crippen LogP) is 2.77. The summed E-state index contributed by atoms with van der Waals surface area (Å²) in [6.07, 6.45) is 3.10. The molecule has 1 aromatic rings. The SMILES string of the molecule is CCC(Oc1cncc(Br)c1)C(=O)Cl. The van der Waals surface area contributed by atoms with Crippen LogP contribution in [0.2, 0.25) is 0 Å². The molecule has 0 saturated carbocycles. The van der Waals surface area contributed by atoms with Gasteiger partial charge in [-0.2, -0.15) is 0 Å². The fourth-order valence-electron chi connectivity index (χ4n) is 0.911. The fraction of sp³-hybridized carbons (Fsp3) is 0.333. The van der Waals surface area contributed by atoms with E-state index in [1.165, 1.54) is 6.20 Å². The van der Waals surface area contributed by atoms with Crippen molar-refractivity contribution >= 4 is 32.8 Å². The second-order valence-corrected chi connectivity index (χ2v) is 3.95. The van der Waals surface area contributed by atoms with E-state index in [1.807, 2.05) is 6.92 Å². The first-order chi connectivity index (χ1) is 6.63. The summed E-state index contributed by atoms with van der Waals surface area (Å²) >= 11 is 8.59. The average molecular weight is 279 g/mol. The third-order valence-corrected chi connectivity index (χ3v) is 2.26. The Morgan fingerprint density at radius 3 is 2.93 bits per heavy atom. The summed E-state index contributed by atoms with van der Waals surface area (Å²) in [5.74, 6) is 0.528. The van der Waals surface area contributed by atoms with Crippen molar-refractivity contribution in [3.63, 3.8) is 0 Å². The number of rotatable bonds is 4. The van der Waals surface area contributed by atoms with Crippen molar-refractivity contribution < 1.29 is 9.53 Å². The van der Waals surface area contributed by atoms with Crippen LogP contribution in [0.15, 0.2) is 22.9 Å². The number of nitrogens with zero attached hydrogens (tertiary/aromatic N) is 1. The Labute approximate surface area is 95.6 Å². The molecule has 14 heavy (non-hydrogen) atoms. The monoisotopic (exact) mass is 277 g/mol. The summed E-state index contributed by atoms with van der Waals surface area (Å²) in [6, 6.07) is 1.73. The zero-order valence-corrected chi connectivity index (χ0v) is 9.88. The van der Waals surface area contributed by atoms with Crippen molar-refractivity contribution in [1.29, 1.82) is 0 Å². The minimum atomic E-state index is -0.604. The highest BCUT2D eigenvalue weighted by atomic mass is 79.9. The highest BCUT2D eigenvalue weighted by molar-refractivity contribution is 9.10. The van der Waals surface area contributed by atoms with Crippen LogP contribution in [-0.2, 0) is 4.79 Å². The van der Waals surface area contributed by atoms with Crippen LogP contribution < -0.4 is 4.74 Å². The van der Waals surface area contributed by atoms with Gasteiger partial charge in [-0.1, -0.05) is 6.92 Å². The maximum atomic E-state index is 10.9. The molecule has 1 atom stereocenters. The van der Waals surface area contributed by atoms with E-state index in [2.05, 4.69) is 20.9 Å². The van der Waals surface area contributed by atoms with Crippen LogP contribution in [0.1, 0.15) is 13.3 Å². The normalized spacial score (nSPS) is 12.2. The van der Waals surface area contributed by atoms with Gasteiger partial charge in [-0.25, -0.2) is 0 Å². The molecule has 0 N–H and O–H groups in total. The Balaban J connectivity index is 2.72. The number of pyridine rings is 1. The molecular weight excluding hydrogens is 269 g/mol. The molecule has 0 radical (unpaired) electrons. The maximum absolute atomic E-state index is 10.9. The number of halogens is 2. The van der Waals surface area contributed by atoms with Crippen molar-refractivity contribution in [3.05, 3.63) is 22.9 Å². The Morgan fingerprint density at radius 1 is 1.71 bits per heavy atom. The second-order valence-electron chi connectivity index (χ2n) is 2.66. The minimum Gasteiger partial charge on any atom is -0.480 e. The van der Waals surface area contributed by atoms with E-state index >= 15 is 0 Å². The summed E-state index contributed by atoms with van der Waals surface area (Å²) in [7, 11) is 0. The zero-order valence-electron chi connectivity index (χ0n) is 7.54. The molecule has 0 saturated heterocycles. The molecule has 0 amide bonds. The molecule has 0 aliphatic rings. The summed E-state index contributed by atoms with van der Waals surface area (Å²) in [4.78, 5) is 14.8. The molecular formula is C9H9BrClNO2. The fourth-order valence-corrected chi connectivity index (χ4v) is 1.45. The molecule has 1 rings (SSSR count). The van der Waals surface area contributed by atoms with Gasteiger partial charge in [-0.3, -0.25) is 9.78 Å². The van der Waals surface area contributed by atoms with Gasteiger partial charge >= 0.3 is 0 Å². The van der Waals surface area contributed by atoms with E-state index in [0.29, 0.717) is 12.2 Å². The number of ether oxygens (including phenoxy) is 1. The third-order valence-electron chi connectivity index (χ3n) is 1.58. The van der Waals surface area contributed by atoms with Crippen molar-refractivity contribution in [2.75, 3.05) is 0 Å². The molecule has 0 bridgehead atoms. The van der Waals surface area contributed by atoms with E-state index in [9.17, 15) is 4.79 Å². The lowest BCUT2D eigenvalue weighted by atomic mass is 10.3. The van der Waals surface area contributed by atoms with Crippen LogP contribution in [0, 0.1) is 0 Å². The highest BCUT2D eigenvalue weighted by Crippen LogP contribution is 2.18. The van der Waals surface area contributed by atoms with E-state index in [4.69, 9.17) is 16.3 Å². The summed E-state index contributed by atoms with van der Waals surface area (Å²) in [5, 5.41) is -0.493. The average Bonchev–Trinajstić information content (AvgIpc) is 2.14. The van der Waals surface area contributed by atoms with Gasteiger partial charge in [-0.15, -0.1) is 0 Å². The first-order valence-corrected chi connectivity index (χ1v) is 5.27. The predicted molar refractivity (Wildman–Crippen MR) is 57.5 cm³/mol. The van der Waals surface area contributed by atoms with Gasteiger partial charge in [0.2, 0.25) is 0 Å². The Bertz CT molecular complexity index is 332. The summed E-state index contributed by atoms with van der Waals surface area (Å²) in [6.45, 7) is 1.83. The lowest BCUT2D eigenvalue weighted by Crippen LogP contribution is -2.22. The first-order valence-electron chi connectivity index (χ1n) is 4.10. The topological polar surface area (TPSA) is 39.2 Å². The van der Waals surface area contributed by atoms with Crippen LogP contribution in [0.3, 0.4) is 0 Å². The van der Waals surface area contributed by atoms with Gasteiger partial charge in [0, 0.05) is 10.7 Å². The standard InChI is InChI=1S/C9H9BrClNO2/c1-2-8(9(11)13)14-7-3-6(10)4-12-5-7/h3-5,8H,2H2,1H3. The number of aromatic nitrogens is 1. The molecule has 1 unspecified atom stereocenters. The Hall–Kier alpha value is -0.610. The van der Waals surface area contributed by atoms with Crippen molar-refractivity contribution in [3.8, 4) is 5.75 Å². The van der Waals surface area contributed by atoms with E-state index < -0.39 is 11.3 Å². The molecule has 5 heteroatoms. The zero-order chi connectivity index (χ0) is 10.6. The second kappa shape index (κ2) is 5.32. The molecule has 0 spiro atoms. The van der Waals surface area contributed by atoms with E-state index in [1.54, 1.807) is 12.3 Å². The molecule has 76 valence electrons. The number of carbonyl (C=O) groups excluding carboxylic acids is 1. The largest absolute Gasteiger partial charge is 0.480 e. The molecule has 0 aromatic carbocycles. The van der Waals surface area contributed by atoms with Crippen molar-refractivity contribution in [1.82, 2.24) is 4.98 Å². The first kappa shape index (κ1) is 11.5. The maximum Gasteiger partial charge on any atom is 0.262 e. The van der Waals surface area contributed by atoms with Crippen LogP contribution in [-0.4, -0.2) is 16.3 Å². The van der Waals surface area contributed by atoms with Gasteiger partial charge in [0.25, 0.3) is 5.24 Å². The highest BCUT2D eigenvalue weighted by Gasteiger charge is 2.15. The van der Waals surface area contributed by atoms with Crippen molar-refractivity contribution in [2.24, 2.45) is 0 Å². The van der Waals surface area contributed by atoms with Crippen LogP contribution >= 0.6 is 27.5 Å². The van der Waals surface area contributed by atoms with Gasteiger partial charge in [0.15, 0.2) is 6.10 Å². The van der Waals surface area contributed by atoms with Gasteiger partial charge in [0.05, 0.1) is 6.20 Å². The van der Waals surface area contributed by atoms with Crippen LogP contribution in [0.4, 0.5) is 0 Å². The Kier molecular flexibility index (Phi) is 4.35. The molecule has 1 heterocycles. The van der Waals surface area contributed by atoms with Gasteiger partial charge in [-0.05, 0) is 40.0 Å². The van der Waals surface area contributed by atoms with Crippen LogP contribution in [0.25, 0.3) is 0 Å². The van der Waals surface area contributed by atoms with Gasteiger partial charge in [0.1, 0.15) is 5.75 Å². The van der Waals surface area contributed by atoms with E-state index in [0.717, 1.165) is 4.47 Å². The quantitative estimate of drug-likeness (QED) is 0.795. The van der Waals surface area contributed by atoms with Gasteiger partial charge < -0.3 is 4.74 Å². The summed E-state index contributed by atoms with van der Waals surface area (Å²) in [5.41, 5.74) is 0.